The lowest BCUT2D eigenvalue weighted by molar-refractivity contribution is -0.144. The highest BCUT2D eigenvalue weighted by molar-refractivity contribution is 6.07. The van der Waals surface area contributed by atoms with Crippen molar-refractivity contribution in [2.45, 2.75) is 129 Å². The number of nitrogens with one attached hydrogen (secondary N) is 6. The minimum Gasteiger partial charge on any atom is -0.354 e. The van der Waals surface area contributed by atoms with Crippen LogP contribution in [0.25, 0.3) is 0 Å². The van der Waals surface area contributed by atoms with Crippen molar-refractivity contribution in [3.8, 4) is 0 Å². The van der Waals surface area contributed by atoms with Crippen molar-refractivity contribution >= 4 is 55.2 Å². The average Bonchev–Trinajstić information content (AvgIpc) is 3.98. The summed E-state index contributed by atoms with van der Waals surface area (Å²) in [4.78, 5) is 118. The fraction of sp³-hybridized carbons (Fsp3) is 0.527. The molecule has 0 bridgehead atoms. The molecule has 0 aromatic heterocycles. The smallest absolute Gasteiger partial charge is 0.251 e. The molecule has 19 heteroatoms. The van der Waals surface area contributed by atoms with Crippen LogP contribution in [0.2, 0.25) is 0 Å². The van der Waals surface area contributed by atoms with Crippen molar-refractivity contribution in [2.24, 2.45) is 10.8 Å². The van der Waals surface area contributed by atoms with Gasteiger partial charge in [-0.05, 0) is 107 Å². The molecule has 6 N–H and O–H groups in total. The molecule has 2 heterocycles. The van der Waals surface area contributed by atoms with Crippen LogP contribution in [-0.4, -0.2) is 170 Å². The Balaban J connectivity index is 1.29. The fourth-order valence-electron chi connectivity index (χ4n) is 8.98. The van der Waals surface area contributed by atoms with E-state index >= 15 is 0 Å². The van der Waals surface area contributed by atoms with Crippen molar-refractivity contribution in [3.63, 3.8) is 0 Å². The highest BCUT2D eigenvalue weighted by Gasteiger charge is 2.47. The van der Waals surface area contributed by atoms with Crippen LogP contribution in [0, 0.1) is 10.8 Å². The number of likely N-dealkylation sites (N-methyl/N-ethyl adjacent to an activating group) is 2. The van der Waals surface area contributed by atoms with Gasteiger partial charge >= 0.3 is 0 Å². The summed E-state index contributed by atoms with van der Waals surface area (Å²) in [6.07, 6.45) is 1.40. The van der Waals surface area contributed by atoms with Crippen LogP contribution in [0.5, 0.6) is 0 Å². The Morgan fingerprint density at radius 3 is 1.24 bits per heavy atom. The zero-order chi connectivity index (χ0) is 54.7. The van der Waals surface area contributed by atoms with Crippen molar-refractivity contribution in [3.05, 3.63) is 107 Å². The normalized spacial score (nSPS) is 19.5. The van der Waals surface area contributed by atoms with E-state index in [9.17, 15) is 38.4 Å². The lowest BCUT2D eigenvalue weighted by Gasteiger charge is -2.36. The standard InChI is InChI=1S/C55H79BN10O8/c1-34(63(9)10)46(67)61-44(54(3,4)5)52(73)65-32-40(30-42(65)50(71)57-28-26-36-18-14-12-15-19-36)59-48(69)38-22-24-39(25-23-38)49(70)60-41-31-43(51(72)58-29-27-37-20-16-13-17-21-37)66(33-41)53(74)45(55(6,7)8)62-47(68)35(2)64(11)56/h12-25,34-35,40-45H,26-33,56H2,1-11H3,(H,57,71)(H,58,72)(H,59,69)(H,60,70)(H,61,67)(H,62,68)/t34-,35-,40-,41-,42-,43?,44+,45+/m0/s1. The molecule has 5 rings (SSSR count). The molecule has 0 spiro atoms. The molecular formula is C55H79BN10O8. The van der Waals surface area contributed by atoms with Gasteiger partial charge in [-0.15, -0.1) is 0 Å². The van der Waals surface area contributed by atoms with Gasteiger partial charge in [0.15, 0.2) is 7.98 Å². The molecule has 8 atom stereocenters. The highest BCUT2D eigenvalue weighted by atomic mass is 16.2. The van der Waals surface area contributed by atoms with Crippen LogP contribution >= 0.6 is 0 Å². The van der Waals surface area contributed by atoms with Crippen LogP contribution in [0.15, 0.2) is 84.9 Å². The van der Waals surface area contributed by atoms with E-state index < -0.39 is 82.8 Å². The summed E-state index contributed by atoms with van der Waals surface area (Å²) in [6.45, 7) is 15.2. The Bertz CT molecular complexity index is 2280. The summed E-state index contributed by atoms with van der Waals surface area (Å²) in [6, 6.07) is 19.3. The zero-order valence-corrected chi connectivity index (χ0v) is 45.4. The second kappa shape index (κ2) is 25.6. The maximum absolute atomic E-state index is 14.5. The molecule has 1 unspecified atom stereocenters. The molecule has 0 saturated carbocycles. The molecule has 8 amide bonds. The van der Waals surface area contributed by atoms with E-state index in [4.69, 9.17) is 0 Å². The Kier molecular flexibility index (Phi) is 20.1. The van der Waals surface area contributed by atoms with Gasteiger partial charge in [0, 0.05) is 49.4 Å². The minimum atomic E-state index is -0.976. The third kappa shape index (κ3) is 15.7. The van der Waals surface area contributed by atoms with Crippen LogP contribution in [0.3, 0.4) is 0 Å². The predicted octanol–water partition coefficient (Wildman–Crippen LogP) is 1.68. The second-order valence-electron chi connectivity index (χ2n) is 22.3. The zero-order valence-electron chi connectivity index (χ0n) is 45.4. The number of carbonyl (C=O) groups is 8. The third-order valence-corrected chi connectivity index (χ3v) is 14.1. The van der Waals surface area contributed by atoms with E-state index in [0.29, 0.717) is 25.9 Å². The topological polar surface area (TPSA) is 222 Å². The van der Waals surface area contributed by atoms with Crippen LogP contribution < -0.4 is 31.9 Å². The Labute approximate surface area is 438 Å². The molecule has 400 valence electrons. The monoisotopic (exact) mass is 1020 g/mol. The summed E-state index contributed by atoms with van der Waals surface area (Å²) >= 11 is 0. The van der Waals surface area contributed by atoms with Crippen molar-refractivity contribution in [1.29, 1.82) is 0 Å². The SMILES string of the molecule is BN(C)[C@@H](C)C(=O)N[C@H](C(=O)N1C[C@@H](NC(=O)c2ccc(C(=O)N[C@H]3C[C@@H](C(=O)NCCc4ccccc4)N(C(=O)[C@@H](NC(=O)[C@H](C)N(C)C)C(C)(C)C)C3)cc2)CC1C(=O)NCCc1ccccc1)C(C)(C)C. The first-order valence-electron chi connectivity index (χ1n) is 25.7. The van der Waals surface area contributed by atoms with Crippen LogP contribution in [0.4, 0.5) is 0 Å². The van der Waals surface area contributed by atoms with E-state index in [-0.39, 0.29) is 60.7 Å². The van der Waals surface area contributed by atoms with Crippen LogP contribution in [-0.2, 0) is 41.6 Å². The van der Waals surface area contributed by atoms with Gasteiger partial charge in [-0.1, -0.05) is 102 Å². The third-order valence-electron chi connectivity index (χ3n) is 14.1. The van der Waals surface area contributed by atoms with E-state index in [1.807, 2.05) is 102 Å². The van der Waals surface area contributed by atoms with Crippen LogP contribution in [0.1, 0.15) is 100 Å². The van der Waals surface area contributed by atoms with Gasteiger partial charge in [0.2, 0.25) is 35.4 Å². The molecule has 3 aromatic rings. The van der Waals surface area contributed by atoms with E-state index in [1.54, 1.807) is 52.7 Å². The molecule has 74 heavy (non-hydrogen) atoms. The second-order valence-corrected chi connectivity index (χ2v) is 22.3. The van der Waals surface area contributed by atoms with E-state index in [2.05, 4.69) is 31.9 Å². The average molecular weight is 1020 g/mol. The number of amides is 8. The van der Waals surface area contributed by atoms with Gasteiger partial charge in [-0.25, -0.2) is 0 Å². The van der Waals surface area contributed by atoms with E-state index in [1.165, 1.54) is 34.1 Å². The van der Waals surface area contributed by atoms with Gasteiger partial charge in [0.05, 0.1) is 12.1 Å². The molecule has 2 aliphatic rings. The molecule has 2 saturated heterocycles. The van der Waals surface area contributed by atoms with Gasteiger partial charge in [0.25, 0.3) is 11.8 Å². The largest absolute Gasteiger partial charge is 0.354 e. The van der Waals surface area contributed by atoms with Gasteiger partial charge < -0.3 is 46.5 Å². The summed E-state index contributed by atoms with van der Waals surface area (Å²) in [7, 11) is 7.08. The lowest BCUT2D eigenvalue weighted by Crippen LogP contribution is -2.59. The van der Waals surface area contributed by atoms with Crippen molar-refractivity contribution in [2.75, 3.05) is 47.3 Å². The highest BCUT2D eigenvalue weighted by Crippen LogP contribution is 2.29. The number of hydrogen-bond donors (Lipinski definition) is 6. The summed E-state index contributed by atoms with van der Waals surface area (Å²) in [5.74, 6) is -3.25. The number of rotatable bonds is 20. The summed E-state index contributed by atoms with van der Waals surface area (Å²) < 4.78 is 0. The molecule has 2 fully saturated rings. The number of benzene rings is 3. The first kappa shape index (κ1) is 58.3. The number of hydrogen-bond acceptors (Lipinski definition) is 10. The molecular weight excluding hydrogens is 939 g/mol. The van der Waals surface area contributed by atoms with Gasteiger partial charge in [-0.2, -0.15) is 0 Å². The first-order chi connectivity index (χ1) is 34.8. The molecule has 0 aliphatic carbocycles. The minimum absolute atomic E-state index is 0.0124. The fourth-order valence-corrected chi connectivity index (χ4v) is 8.98. The molecule has 2 aliphatic heterocycles. The maximum atomic E-state index is 14.5. The molecule has 18 nitrogen and oxygen atoms in total. The lowest BCUT2D eigenvalue weighted by atomic mass is 9.85. The van der Waals surface area contributed by atoms with E-state index in [0.717, 1.165) is 11.1 Å². The molecule has 0 radical (unpaired) electrons. The Morgan fingerprint density at radius 2 is 0.919 bits per heavy atom. The number of likely N-dealkylation sites (tertiary alicyclic amines) is 2. The number of nitrogens with zero attached hydrogens (tertiary/aromatic N) is 4. The predicted molar refractivity (Wildman–Crippen MR) is 287 cm³/mol. The van der Waals surface area contributed by atoms with Gasteiger partial charge in [-0.3, -0.25) is 43.3 Å². The Morgan fingerprint density at radius 1 is 0.568 bits per heavy atom. The first-order valence-corrected chi connectivity index (χ1v) is 25.7. The molecule has 3 aromatic carbocycles. The maximum Gasteiger partial charge on any atom is 0.251 e. The summed E-state index contributed by atoms with van der Waals surface area (Å²) in [5, 5.41) is 17.8. The van der Waals surface area contributed by atoms with Crippen molar-refractivity contribution in [1.82, 2.24) is 51.4 Å². The quantitative estimate of drug-likeness (QED) is 0.0900. The Hall–Kier alpha value is -6.60. The summed E-state index contributed by atoms with van der Waals surface area (Å²) in [5.41, 5.74) is 1.09. The number of carbonyl (C=O) groups excluding carboxylic acids is 8. The van der Waals surface area contributed by atoms with Crippen molar-refractivity contribution < 1.29 is 38.4 Å². The van der Waals surface area contributed by atoms with Gasteiger partial charge in [0.1, 0.15) is 24.2 Å².